The number of ether oxygens (including phenoxy) is 2. The highest BCUT2D eigenvalue weighted by Gasteiger charge is 2.44. The lowest BCUT2D eigenvalue weighted by Crippen LogP contribution is -2.54. The van der Waals surface area contributed by atoms with Crippen molar-refractivity contribution in [3.63, 3.8) is 0 Å². The van der Waals surface area contributed by atoms with Crippen LogP contribution in [0.3, 0.4) is 0 Å². The summed E-state index contributed by atoms with van der Waals surface area (Å²) in [6, 6.07) is 0.295. The number of amides is 1. The molecule has 116 valence electrons. The standard InChI is InChI=1S/C15H28N2O3/c1-12(13-3-4-13)17(7-10-19-2)14(18)15(11-16)5-8-20-9-6-15/h12-13H,3-11,16H2,1-2H3. The van der Waals surface area contributed by atoms with Gasteiger partial charge in [0.2, 0.25) is 5.91 Å². The Kier molecular flexibility index (Phi) is 5.41. The maximum Gasteiger partial charge on any atom is 0.230 e. The van der Waals surface area contributed by atoms with E-state index in [1.165, 1.54) is 12.8 Å². The normalized spacial score (nSPS) is 23.4. The second-order valence-electron chi connectivity index (χ2n) is 6.17. The first kappa shape index (κ1) is 15.7. The molecule has 5 heteroatoms. The van der Waals surface area contributed by atoms with Crippen molar-refractivity contribution in [2.24, 2.45) is 17.1 Å². The Hall–Kier alpha value is -0.650. The Morgan fingerprint density at radius 2 is 2.10 bits per heavy atom. The van der Waals surface area contributed by atoms with E-state index in [4.69, 9.17) is 15.2 Å². The Bertz CT molecular complexity index is 325. The molecule has 2 aliphatic rings. The van der Waals surface area contributed by atoms with E-state index in [1.54, 1.807) is 7.11 Å². The summed E-state index contributed by atoms with van der Waals surface area (Å²) in [5.74, 6) is 0.866. The third-order valence-electron chi connectivity index (χ3n) is 4.89. The number of rotatable bonds is 7. The molecule has 0 aromatic rings. The maximum absolute atomic E-state index is 13.1. The lowest BCUT2D eigenvalue weighted by Gasteiger charge is -2.41. The van der Waals surface area contributed by atoms with Gasteiger partial charge in [0.1, 0.15) is 0 Å². The lowest BCUT2D eigenvalue weighted by molar-refractivity contribution is -0.150. The van der Waals surface area contributed by atoms with E-state index in [-0.39, 0.29) is 5.91 Å². The third kappa shape index (κ3) is 3.32. The molecule has 0 spiro atoms. The summed E-state index contributed by atoms with van der Waals surface area (Å²) in [5, 5.41) is 0. The van der Waals surface area contributed by atoms with Gasteiger partial charge in [-0.3, -0.25) is 4.79 Å². The molecule has 1 heterocycles. The van der Waals surface area contributed by atoms with Crippen molar-refractivity contribution in [2.45, 2.75) is 38.6 Å². The number of hydrogen-bond donors (Lipinski definition) is 1. The van der Waals surface area contributed by atoms with Gasteiger partial charge in [0, 0.05) is 39.5 Å². The van der Waals surface area contributed by atoms with Crippen molar-refractivity contribution >= 4 is 5.91 Å². The van der Waals surface area contributed by atoms with E-state index in [9.17, 15) is 4.79 Å². The molecule has 2 fully saturated rings. The van der Waals surface area contributed by atoms with Gasteiger partial charge < -0.3 is 20.1 Å². The molecular formula is C15H28N2O3. The van der Waals surface area contributed by atoms with Crippen LogP contribution in [0.4, 0.5) is 0 Å². The molecule has 20 heavy (non-hydrogen) atoms. The minimum Gasteiger partial charge on any atom is -0.383 e. The summed E-state index contributed by atoms with van der Waals surface area (Å²) in [6.45, 7) is 5.10. The molecule has 0 radical (unpaired) electrons. The van der Waals surface area contributed by atoms with Crippen LogP contribution in [0.25, 0.3) is 0 Å². The number of carbonyl (C=O) groups is 1. The summed E-state index contributed by atoms with van der Waals surface area (Å²) in [4.78, 5) is 15.1. The van der Waals surface area contributed by atoms with Crippen LogP contribution in [0.5, 0.6) is 0 Å². The van der Waals surface area contributed by atoms with E-state index in [0.717, 1.165) is 12.8 Å². The van der Waals surface area contributed by atoms with Gasteiger partial charge in [-0.25, -0.2) is 0 Å². The topological polar surface area (TPSA) is 64.8 Å². The maximum atomic E-state index is 13.1. The van der Waals surface area contributed by atoms with Crippen LogP contribution in [-0.4, -0.2) is 56.9 Å². The molecule has 1 aliphatic carbocycles. The average molecular weight is 284 g/mol. The van der Waals surface area contributed by atoms with E-state index in [2.05, 4.69) is 6.92 Å². The van der Waals surface area contributed by atoms with Crippen LogP contribution in [0, 0.1) is 11.3 Å². The van der Waals surface area contributed by atoms with E-state index >= 15 is 0 Å². The minimum atomic E-state index is -0.421. The first-order chi connectivity index (χ1) is 9.64. The molecule has 1 amide bonds. The molecule has 0 aromatic carbocycles. The Balaban J connectivity index is 2.10. The lowest BCUT2D eigenvalue weighted by atomic mass is 9.78. The van der Waals surface area contributed by atoms with Crippen molar-refractivity contribution in [3.05, 3.63) is 0 Å². The van der Waals surface area contributed by atoms with Crippen LogP contribution in [0.15, 0.2) is 0 Å². The second kappa shape index (κ2) is 6.87. The molecule has 1 saturated heterocycles. The molecular weight excluding hydrogens is 256 g/mol. The van der Waals surface area contributed by atoms with Crippen molar-refractivity contribution in [1.29, 1.82) is 0 Å². The Morgan fingerprint density at radius 1 is 1.45 bits per heavy atom. The third-order valence-corrected chi connectivity index (χ3v) is 4.89. The van der Waals surface area contributed by atoms with Crippen molar-refractivity contribution in [2.75, 3.05) is 40.0 Å². The summed E-state index contributed by atoms with van der Waals surface area (Å²) in [6.07, 6.45) is 3.94. The molecule has 1 unspecified atom stereocenters. The molecule has 1 aliphatic heterocycles. The van der Waals surface area contributed by atoms with Gasteiger partial charge in [0.05, 0.1) is 12.0 Å². The van der Waals surface area contributed by atoms with Crippen molar-refractivity contribution in [3.8, 4) is 0 Å². The zero-order valence-corrected chi connectivity index (χ0v) is 12.8. The van der Waals surface area contributed by atoms with Gasteiger partial charge in [0.25, 0.3) is 0 Å². The second-order valence-corrected chi connectivity index (χ2v) is 6.17. The van der Waals surface area contributed by atoms with Gasteiger partial charge in [0.15, 0.2) is 0 Å². The summed E-state index contributed by atoms with van der Waals surface area (Å²) < 4.78 is 10.6. The zero-order valence-electron chi connectivity index (χ0n) is 12.8. The quantitative estimate of drug-likeness (QED) is 0.758. The fraction of sp³-hybridized carbons (Fsp3) is 0.933. The van der Waals surface area contributed by atoms with E-state index < -0.39 is 5.41 Å². The van der Waals surface area contributed by atoms with Crippen LogP contribution < -0.4 is 5.73 Å². The molecule has 1 atom stereocenters. The van der Waals surface area contributed by atoms with Gasteiger partial charge in [-0.1, -0.05) is 0 Å². The van der Waals surface area contributed by atoms with Gasteiger partial charge in [-0.05, 0) is 38.5 Å². The predicted molar refractivity (Wildman–Crippen MR) is 77.3 cm³/mol. The van der Waals surface area contributed by atoms with Crippen LogP contribution in [0.2, 0.25) is 0 Å². The molecule has 2 N–H and O–H groups in total. The Labute approximate surface area is 121 Å². The minimum absolute atomic E-state index is 0.208. The molecule has 5 nitrogen and oxygen atoms in total. The average Bonchev–Trinajstić information content (AvgIpc) is 3.32. The number of carbonyl (C=O) groups excluding carboxylic acids is 1. The molecule has 1 saturated carbocycles. The fourth-order valence-electron chi connectivity index (χ4n) is 3.08. The number of hydrogen-bond acceptors (Lipinski definition) is 4. The predicted octanol–water partition coefficient (Wildman–Crippen LogP) is 1.02. The number of methoxy groups -OCH3 is 1. The van der Waals surface area contributed by atoms with Gasteiger partial charge >= 0.3 is 0 Å². The molecule has 2 rings (SSSR count). The highest BCUT2D eigenvalue weighted by molar-refractivity contribution is 5.83. The van der Waals surface area contributed by atoms with Crippen molar-refractivity contribution < 1.29 is 14.3 Å². The summed E-state index contributed by atoms with van der Waals surface area (Å²) in [7, 11) is 1.68. The fourth-order valence-corrected chi connectivity index (χ4v) is 3.08. The van der Waals surface area contributed by atoms with Crippen LogP contribution in [0.1, 0.15) is 32.6 Å². The zero-order chi connectivity index (χ0) is 14.6. The SMILES string of the molecule is COCCN(C(=O)C1(CN)CCOCC1)C(C)C1CC1. The van der Waals surface area contributed by atoms with E-state index in [0.29, 0.717) is 44.9 Å². The monoisotopic (exact) mass is 284 g/mol. The molecule has 0 bridgehead atoms. The number of nitrogens with zero attached hydrogens (tertiary/aromatic N) is 1. The number of nitrogens with two attached hydrogens (primary N) is 1. The summed E-state index contributed by atoms with van der Waals surface area (Å²) >= 11 is 0. The largest absolute Gasteiger partial charge is 0.383 e. The highest BCUT2D eigenvalue weighted by Crippen LogP contribution is 2.38. The first-order valence-electron chi connectivity index (χ1n) is 7.72. The van der Waals surface area contributed by atoms with Crippen LogP contribution >= 0.6 is 0 Å². The van der Waals surface area contributed by atoms with Crippen LogP contribution in [-0.2, 0) is 14.3 Å². The first-order valence-corrected chi connectivity index (χ1v) is 7.72. The Morgan fingerprint density at radius 3 is 2.60 bits per heavy atom. The molecule has 0 aromatic heterocycles. The smallest absolute Gasteiger partial charge is 0.230 e. The van der Waals surface area contributed by atoms with Gasteiger partial charge in [-0.2, -0.15) is 0 Å². The van der Waals surface area contributed by atoms with Gasteiger partial charge in [-0.15, -0.1) is 0 Å². The summed E-state index contributed by atoms with van der Waals surface area (Å²) in [5.41, 5.74) is 5.54. The van der Waals surface area contributed by atoms with E-state index in [1.807, 2.05) is 4.90 Å². The highest BCUT2D eigenvalue weighted by atomic mass is 16.5. The van der Waals surface area contributed by atoms with Crippen molar-refractivity contribution in [1.82, 2.24) is 4.90 Å².